The number of halogens is 1. The van der Waals surface area contributed by atoms with E-state index in [1.165, 1.54) is 17.3 Å². The molecule has 0 spiro atoms. The van der Waals surface area contributed by atoms with Crippen LogP contribution in [-0.4, -0.2) is 147 Å². The fraction of sp³-hybridized carbons (Fsp3) is 0.471. The first kappa shape index (κ1) is 54.4. The molecule has 398 valence electrons. The van der Waals surface area contributed by atoms with Gasteiger partial charge < -0.3 is 56.7 Å². The summed E-state index contributed by atoms with van der Waals surface area (Å²) in [6.45, 7) is 9.68. The molecule has 22 nitrogen and oxygen atoms in total. The van der Waals surface area contributed by atoms with Gasteiger partial charge in [-0.05, 0) is 91.0 Å². The van der Waals surface area contributed by atoms with Crippen molar-refractivity contribution < 1.29 is 33.3 Å². The van der Waals surface area contributed by atoms with Crippen molar-refractivity contribution in [1.29, 1.82) is 0 Å². The van der Waals surface area contributed by atoms with Gasteiger partial charge in [-0.15, -0.1) is 0 Å². The van der Waals surface area contributed by atoms with Crippen molar-refractivity contribution in [3.8, 4) is 5.75 Å². The lowest BCUT2D eigenvalue weighted by molar-refractivity contribution is -0.142. The third kappa shape index (κ3) is 13.0. The molecule has 3 fully saturated rings. The Morgan fingerprint density at radius 2 is 1.63 bits per heavy atom. The van der Waals surface area contributed by atoms with Gasteiger partial charge >= 0.3 is 0 Å². The standard InChI is InChI=1S/C51H65BrN15O7P/c1-6-30-21-37(63-51-61-24-33(52)46(65-51)62-35-15-14-34-43(57-19-18-55-34)44(35)75(4,5)73)41(74-3)22-36(30)56-17-16-54-32-27-66(28-32)49(71)39-26-58-38(25-59-39)48(70)60-23-29(2)47(69)64-42(31-11-8-7-9-12-31)50(72)67-20-10-13-40(67)45(53)68/h14-15,18-19,21-22,24-26,29,31-32,40,42,54,56H,6-13,16-17,20,23,27-28H2,1-5H3,(H2,53,68)(H,60,70)(H,64,69)(H2,61,62,63,65)/t29-,40+,42+/m1/s1. The minimum Gasteiger partial charge on any atom is -0.494 e. The van der Waals surface area contributed by atoms with Gasteiger partial charge in [0.1, 0.15) is 47.7 Å². The number of ether oxygens (including phenoxy) is 1. The number of amides is 5. The zero-order valence-corrected chi connectivity index (χ0v) is 45.3. The summed E-state index contributed by atoms with van der Waals surface area (Å²) in [6.07, 6.45) is 13.8. The average molecular weight is 1110 g/mol. The number of rotatable bonds is 21. The van der Waals surface area contributed by atoms with E-state index in [-0.39, 0.29) is 47.6 Å². The molecule has 75 heavy (non-hydrogen) atoms. The van der Waals surface area contributed by atoms with Crippen LogP contribution < -0.4 is 47.7 Å². The number of nitrogens with two attached hydrogens (primary N) is 1. The minimum absolute atomic E-state index is 0.0108. The van der Waals surface area contributed by atoms with E-state index in [9.17, 15) is 28.5 Å². The number of aryl methyl sites for hydroxylation is 1. The molecule has 3 aromatic heterocycles. The molecule has 8 N–H and O–H groups in total. The first-order valence-corrected chi connectivity index (χ1v) is 28.8. The van der Waals surface area contributed by atoms with Gasteiger partial charge in [-0.1, -0.05) is 33.1 Å². The van der Waals surface area contributed by atoms with Gasteiger partial charge in [0, 0.05) is 75.7 Å². The number of carbonyl (C=O) groups is 5. The quantitative estimate of drug-likeness (QED) is 0.0387. The van der Waals surface area contributed by atoms with E-state index in [1.54, 1.807) is 50.9 Å². The number of hydrogen-bond acceptors (Lipinski definition) is 17. The Kier molecular flexibility index (Phi) is 17.6. The van der Waals surface area contributed by atoms with E-state index in [0.717, 1.165) is 49.8 Å². The monoisotopic (exact) mass is 1110 g/mol. The molecule has 0 bridgehead atoms. The number of likely N-dealkylation sites (tertiary alicyclic amines) is 2. The van der Waals surface area contributed by atoms with Crippen LogP contribution in [0.5, 0.6) is 5.75 Å². The molecule has 5 heterocycles. The van der Waals surface area contributed by atoms with Crippen LogP contribution in [0.1, 0.15) is 85.3 Å². The highest BCUT2D eigenvalue weighted by Crippen LogP contribution is 2.42. The van der Waals surface area contributed by atoms with Gasteiger partial charge in [-0.25, -0.2) is 15.0 Å². The van der Waals surface area contributed by atoms with Crippen LogP contribution in [0.2, 0.25) is 0 Å². The molecule has 1 aliphatic carbocycles. The summed E-state index contributed by atoms with van der Waals surface area (Å²) in [7, 11) is -1.21. The predicted octanol–water partition coefficient (Wildman–Crippen LogP) is 4.71. The second kappa shape index (κ2) is 24.2. The average Bonchev–Trinajstić information content (AvgIpc) is 3.90. The molecule has 8 rings (SSSR count). The smallest absolute Gasteiger partial charge is 0.274 e. The molecule has 2 aromatic carbocycles. The second-order valence-corrected chi connectivity index (χ2v) is 23.6. The summed E-state index contributed by atoms with van der Waals surface area (Å²) in [5.74, 6) is -1.47. The number of fused-ring (bicyclic) bond motifs is 1. The van der Waals surface area contributed by atoms with Crippen LogP contribution >= 0.6 is 23.1 Å². The first-order valence-electron chi connectivity index (χ1n) is 25.4. The molecular formula is C51H65BrN15O7P. The fourth-order valence-electron chi connectivity index (χ4n) is 9.82. The predicted molar refractivity (Wildman–Crippen MR) is 289 cm³/mol. The van der Waals surface area contributed by atoms with Crippen LogP contribution in [0.15, 0.2) is 59.7 Å². The van der Waals surface area contributed by atoms with Crippen molar-refractivity contribution in [2.24, 2.45) is 17.6 Å². The van der Waals surface area contributed by atoms with Crippen molar-refractivity contribution in [3.05, 3.63) is 76.7 Å². The number of benzene rings is 2. The molecule has 0 radical (unpaired) electrons. The molecule has 24 heteroatoms. The topological polar surface area (TPSA) is 294 Å². The number of aromatic nitrogens is 6. The lowest BCUT2D eigenvalue weighted by atomic mass is 9.83. The Morgan fingerprint density at radius 3 is 2.33 bits per heavy atom. The first-order chi connectivity index (χ1) is 36.0. The Morgan fingerprint density at radius 1 is 0.880 bits per heavy atom. The molecule has 1 saturated carbocycles. The highest BCUT2D eigenvalue weighted by Gasteiger charge is 2.40. The van der Waals surface area contributed by atoms with E-state index in [4.69, 9.17) is 15.5 Å². The van der Waals surface area contributed by atoms with E-state index < -0.39 is 37.0 Å². The molecule has 5 aromatic rings. The van der Waals surface area contributed by atoms with E-state index >= 15 is 0 Å². The van der Waals surface area contributed by atoms with Crippen LogP contribution in [0.4, 0.5) is 28.8 Å². The Hall–Kier alpha value is -6.84. The molecule has 0 unspecified atom stereocenters. The molecule has 5 amide bonds. The summed E-state index contributed by atoms with van der Waals surface area (Å²) in [5, 5.41) is 19.9. The summed E-state index contributed by atoms with van der Waals surface area (Å²) in [6, 6.07) is 6.19. The third-order valence-electron chi connectivity index (χ3n) is 13.9. The largest absolute Gasteiger partial charge is 0.494 e. The molecule has 3 atom stereocenters. The van der Waals surface area contributed by atoms with E-state index in [2.05, 4.69) is 79.7 Å². The molecular weight excluding hydrogens is 1050 g/mol. The maximum Gasteiger partial charge on any atom is 0.274 e. The maximum absolute atomic E-state index is 13.8. The second-order valence-electron chi connectivity index (χ2n) is 19.6. The summed E-state index contributed by atoms with van der Waals surface area (Å²) in [4.78, 5) is 95.3. The van der Waals surface area contributed by atoms with Gasteiger partial charge in [0.15, 0.2) is 0 Å². The number of anilines is 5. The summed E-state index contributed by atoms with van der Waals surface area (Å²) >= 11 is 3.56. The van der Waals surface area contributed by atoms with Crippen LogP contribution in [0, 0.1) is 11.8 Å². The zero-order chi connectivity index (χ0) is 53.4. The fourth-order valence-corrected chi connectivity index (χ4v) is 11.5. The van der Waals surface area contributed by atoms with E-state index in [1.807, 2.05) is 24.3 Å². The minimum atomic E-state index is -2.81. The molecule has 2 aliphatic heterocycles. The molecule has 2 saturated heterocycles. The van der Waals surface area contributed by atoms with Crippen LogP contribution in [0.25, 0.3) is 11.0 Å². The van der Waals surface area contributed by atoms with Crippen molar-refractivity contribution in [1.82, 2.24) is 55.7 Å². The van der Waals surface area contributed by atoms with Gasteiger partial charge in [0.2, 0.25) is 23.7 Å². The van der Waals surface area contributed by atoms with Crippen LogP contribution in [0.3, 0.4) is 0 Å². The molecule has 3 aliphatic rings. The lowest BCUT2D eigenvalue weighted by Gasteiger charge is -2.39. The van der Waals surface area contributed by atoms with Gasteiger partial charge in [0.25, 0.3) is 11.8 Å². The Bertz CT molecular complexity index is 2970. The lowest BCUT2D eigenvalue weighted by Crippen LogP contribution is -2.60. The summed E-state index contributed by atoms with van der Waals surface area (Å²) in [5.41, 5.74) is 10.1. The van der Waals surface area contributed by atoms with Gasteiger partial charge in [0.05, 0.1) is 52.1 Å². The van der Waals surface area contributed by atoms with Crippen molar-refractivity contribution in [3.63, 3.8) is 0 Å². The summed E-state index contributed by atoms with van der Waals surface area (Å²) < 4.78 is 19.9. The number of hydrogen-bond donors (Lipinski definition) is 7. The third-order valence-corrected chi connectivity index (χ3v) is 16.0. The maximum atomic E-state index is 13.8. The highest BCUT2D eigenvalue weighted by atomic mass is 79.9. The number of primary amides is 1. The van der Waals surface area contributed by atoms with Crippen molar-refractivity contribution >= 4 is 97.8 Å². The SMILES string of the molecule is CCc1cc(Nc2ncc(Br)c(Nc3ccc4nccnc4c3P(C)(C)=O)n2)c(OC)cc1NCCNC1CN(C(=O)c2cnc(C(=O)NC[C@@H](C)C(=O)N[C@H](C(=O)N3CCC[C@H]3C(N)=O)C3CCCCC3)cn2)C1. The number of carbonyl (C=O) groups excluding carboxylic acids is 5. The highest BCUT2D eigenvalue weighted by molar-refractivity contribution is 9.10. The van der Waals surface area contributed by atoms with Gasteiger partial charge in [-0.3, -0.25) is 33.9 Å². The Balaban J connectivity index is 0.784. The zero-order valence-electron chi connectivity index (χ0n) is 42.8. The number of methoxy groups -OCH3 is 1. The van der Waals surface area contributed by atoms with Crippen molar-refractivity contribution in [2.45, 2.75) is 83.3 Å². The number of nitrogens with zero attached hydrogens (tertiary/aromatic N) is 8. The van der Waals surface area contributed by atoms with Gasteiger partial charge in [-0.2, -0.15) is 4.98 Å². The van der Waals surface area contributed by atoms with E-state index in [0.29, 0.717) is 95.3 Å². The Labute approximate surface area is 443 Å². The number of nitrogens with one attached hydrogen (secondary N) is 6. The van der Waals surface area contributed by atoms with Crippen molar-refractivity contribution in [2.75, 3.05) is 75.7 Å². The normalized spacial score (nSPS) is 16.9. The van der Waals surface area contributed by atoms with Crippen LogP contribution in [-0.2, 0) is 25.4 Å².